The maximum atomic E-state index is 13.0. The zero-order valence-electron chi connectivity index (χ0n) is 16.4. The van der Waals surface area contributed by atoms with Crippen molar-refractivity contribution in [3.05, 3.63) is 78.7 Å². The molecule has 0 spiro atoms. The Hall–Kier alpha value is -2.37. The molecule has 9 heteroatoms. The zero-order valence-corrected chi connectivity index (χ0v) is 20.9. The van der Waals surface area contributed by atoms with Gasteiger partial charge in [-0.15, -0.1) is 0 Å². The predicted octanol–water partition coefficient (Wildman–Crippen LogP) is 5.91. The second-order valence-electron chi connectivity index (χ2n) is 6.90. The van der Waals surface area contributed by atoms with Crippen LogP contribution in [0.5, 0.6) is 5.75 Å². The van der Waals surface area contributed by atoms with Gasteiger partial charge in [0.15, 0.2) is 6.61 Å². The lowest BCUT2D eigenvalue weighted by Crippen LogP contribution is -2.27. The number of hydrogen-bond acceptors (Lipinski definition) is 5. The maximum Gasteiger partial charge on any atom is 0.341 e. The van der Waals surface area contributed by atoms with Gasteiger partial charge in [0, 0.05) is 0 Å². The van der Waals surface area contributed by atoms with E-state index in [1.807, 2.05) is 65.1 Å². The number of ether oxygens (including phenoxy) is 1. The normalized spacial score (nSPS) is 15.1. The van der Waals surface area contributed by atoms with Crippen LogP contribution in [0.15, 0.2) is 64.0 Å². The summed E-state index contributed by atoms with van der Waals surface area (Å²) < 4.78 is 6.54. The fourth-order valence-electron chi connectivity index (χ4n) is 3.32. The smallest absolute Gasteiger partial charge is 0.341 e. The lowest BCUT2D eigenvalue weighted by Gasteiger charge is -2.14. The SMILES string of the molecule is O=C(O)COc1c(Br)cc(/C=C2/SC(=O)N(Cc3cccc4ccccc34)C2=O)cc1I. The number of carbonyl (C=O) groups is 3. The number of halogens is 2. The van der Waals surface area contributed by atoms with Crippen molar-refractivity contribution in [2.24, 2.45) is 0 Å². The highest BCUT2D eigenvalue weighted by Gasteiger charge is 2.35. The molecule has 1 aliphatic heterocycles. The van der Waals surface area contributed by atoms with E-state index in [0.717, 1.165) is 28.1 Å². The topological polar surface area (TPSA) is 83.9 Å². The number of imide groups is 1. The van der Waals surface area contributed by atoms with Gasteiger partial charge in [-0.2, -0.15) is 0 Å². The number of fused-ring (bicyclic) bond motifs is 1. The van der Waals surface area contributed by atoms with Gasteiger partial charge in [-0.25, -0.2) is 4.79 Å². The van der Waals surface area contributed by atoms with Gasteiger partial charge >= 0.3 is 5.97 Å². The molecule has 4 rings (SSSR count). The Balaban J connectivity index is 1.58. The molecule has 1 aliphatic rings. The van der Waals surface area contributed by atoms with Gasteiger partial charge in [0.25, 0.3) is 11.1 Å². The van der Waals surface area contributed by atoms with Crippen molar-refractivity contribution >= 4 is 84.2 Å². The Labute approximate surface area is 209 Å². The van der Waals surface area contributed by atoms with Crippen LogP contribution in [0.25, 0.3) is 16.8 Å². The molecule has 0 aromatic heterocycles. The van der Waals surface area contributed by atoms with E-state index in [0.29, 0.717) is 24.3 Å². The summed E-state index contributed by atoms with van der Waals surface area (Å²) in [6.45, 7) is -0.256. The van der Waals surface area contributed by atoms with Crippen LogP contribution in [-0.2, 0) is 16.1 Å². The third-order valence-corrected chi connectivity index (χ3v) is 7.04. The number of rotatable bonds is 6. The van der Waals surface area contributed by atoms with Crippen LogP contribution in [0, 0.1) is 3.57 Å². The fraction of sp³-hybridized carbons (Fsp3) is 0.0870. The van der Waals surface area contributed by atoms with Crippen LogP contribution >= 0.6 is 50.3 Å². The number of thioether (sulfide) groups is 1. The summed E-state index contributed by atoms with van der Waals surface area (Å²) in [5, 5.41) is 10.6. The zero-order chi connectivity index (χ0) is 22.8. The van der Waals surface area contributed by atoms with Gasteiger partial charge in [0.2, 0.25) is 0 Å². The number of hydrogen-bond donors (Lipinski definition) is 1. The van der Waals surface area contributed by atoms with Crippen LogP contribution in [-0.4, -0.2) is 33.7 Å². The van der Waals surface area contributed by atoms with Gasteiger partial charge in [-0.05, 0) is 90.4 Å². The predicted molar refractivity (Wildman–Crippen MR) is 135 cm³/mol. The maximum absolute atomic E-state index is 13.0. The first kappa shape index (κ1) is 22.8. The second-order valence-corrected chi connectivity index (χ2v) is 9.91. The van der Waals surface area contributed by atoms with E-state index in [9.17, 15) is 14.4 Å². The number of carboxylic acids is 1. The van der Waals surface area contributed by atoms with Gasteiger partial charge in [-0.1, -0.05) is 42.5 Å². The molecule has 1 saturated heterocycles. The fourth-order valence-corrected chi connectivity index (χ4v) is 5.93. The van der Waals surface area contributed by atoms with Gasteiger partial charge in [0.05, 0.1) is 19.5 Å². The van der Waals surface area contributed by atoms with Crippen molar-refractivity contribution in [1.82, 2.24) is 4.90 Å². The van der Waals surface area contributed by atoms with Gasteiger partial charge < -0.3 is 9.84 Å². The van der Waals surface area contributed by atoms with Crippen molar-refractivity contribution in [1.29, 1.82) is 0 Å². The monoisotopic (exact) mass is 623 g/mol. The highest BCUT2D eigenvalue weighted by molar-refractivity contribution is 14.1. The average Bonchev–Trinajstić information content (AvgIpc) is 3.00. The first-order valence-electron chi connectivity index (χ1n) is 9.39. The van der Waals surface area contributed by atoms with Crippen molar-refractivity contribution in [2.45, 2.75) is 6.54 Å². The molecule has 1 heterocycles. The Bertz CT molecular complexity index is 1260. The third kappa shape index (κ3) is 4.84. The van der Waals surface area contributed by atoms with Crippen LogP contribution < -0.4 is 4.74 Å². The summed E-state index contributed by atoms with van der Waals surface area (Å²) in [6.07, 6.45) is 1.65. The summed E-state index contributed by atoms with van der Waals surface area (Å²) in [4.78, 5) is 37.9. The summed E-state index contributed by atoms with van der Waals surface area (Å²) in [5.41, 5.74) is 1.60. The van der Waals surface area contributed by atoms with Gasteiger partial charge in [0.1, 0.15) is 5.75 Å². The van der Waals surface area contributed by atoms with E-state index in [1.54, 1.807) is 18.2 Å². The minimum atomic E-state index is -1.07. The van der Waals surface area contributed by atoms with Crippen LogP contribution in [0.2, 0.25) is 0 Å². The molecule has 0 bridgehead atoms. The molecule has 1 fully saturated rings. The molecular formula is C23H15BrINO5S. The number of benzene rings is 3. The Morgan fingerprint density at radius 1 is 1.16 bits per heavy atom. The van der Waals surface area contributed by atoms with E-state index in [-0.39, 0.29) is 17.7 Å². The molecule has 2 amide bonds. The molecular weight excluding hydrogens is 609 g/mol. The van der Waals surface area contributed by atoms with E-state index in [1.165, 1.54) is 4.90 Å². The van der Waals surface area contributed by atoms with Crippen molar-refractivity contribution in [3.8, 4) is 5.75 Å². The minimum absolute atomic E-state index is 0.201. The van der Waals surface area contributed by atoms with E-state index >= 15 is 0 Å². The van der Waals surface area contributed by atoms with Gasteiger partial charge in [-0.3, -0.25) is 14.5 Å². The number of aliphatic carboxylic acids is 1. The van der Waals surface area contributed by atoms with Crippen molar-refractivity contribution in [2.75, 3.05) is 6.61 Å². The molecule has 0 saturated carbocycles. The molecule has 6 nitrogen and oxygen atoms in total. The summed E-state index contributed by atoms with van der Waals surface area (Å²) >= 11 is 6.32. The Kier molecular flexibility index (Phi) is 6.87. The van der Waals surface area contributed by atoms with E-state index in [2.05, 4.69) is 15.9 Å². The summed E-state index contributed by atoms with van der Waals surface area (Å²) in [6, 6.07) is 17.2. The van der Waals surface area contributed by atoms with Crippen LogP contribution in [0.3, 0.4) is 0 Å². The summed E-state index contributed by atoms with van der Waals surface area (Å²) in [5.74, 6) is -1.00. The second kappa shape index (κ2) is 9.63. The molecule has 3 aromatic carbocycles. The highest BCUT2D eigenvalue weighted by Crippen LogP contribution is 2.37. The summed E-state index contributed by atoms with van der Waals surface area (Å²) in [7, 11) is 0. The van der Waals surface area contributed by atoms with Crippen LogP contribution in [0.1, 0.15) is 11.1 Å². The van der Waals surface area contributed by atoms with Crippen molar-refractivity contribution < 1.29 is 24.2 Å². The van der Waals surface area contributed by atoms with E-state index < -0.39 is 12.6 Å². The first-order chi connectivity index (χ1) is 15.3. The third-order valence-electron chi connectivity index (χ3n) is 4.74. The lowest BCUT2D eigenvalue weighted by molar-refractivity contribution is -0.139. The Morgan fingerprint density at radius 3 is 2.66 bits per heavy atom. The number of nitrogens with zero attached hydrogens (tertiary/aromatic N) is 1. The molecule has 3 aromatic rings. The molecule has 162 valence electrons. The quantitative estimate of drug-likeness (QED) is 0.272. The largest absolute Gasteiger partial charge is 0.480 e. The first-order valence-corrected chi connectivity index (χ1v) is 12.1. The molecule has 0 unspecified atom stereocenters. The standard InChI is InChI=1S/C23H15BrINO5S/c24-17-8-13(9-18(25)21(17)31-12-20(27)28)10-19-22(29)26(23(30)32-19)11-15-6-3-5-14-4-1-2-7-16(14)15/h1-10H,11-12H2,(H,27,28)/b19-10+. The number of carboxylic acid groups (broad SMARTS) is 1. The minimum Gasteiger partial charge on any atom is -0.480 e. The molecule has 0 atom stereocenters. The highest BCUT2D eigenvalue weighted by atomic mass is 127. The molecule has 0 radical (unpaired) electrons. The molecule has 0 aliphatic carbocycles. The lowest BCUT2D eigenvalue weighted by atomic mass is 10.0. The number of carbonyl (C=O) groups excluding carboxylic acids is 2. The van der Waals surface area contributed by atoms with Crippen molar-refractivity contribution in [3.63, 3.8) is 0 Å². The molecule has 32 heavy (non-hydrogen) atoms. The average molecular weight is 624 g/mol. The van der Waals surface area contributed by atoms with Crippen LogP contribution in [0.4, 0.5) is 4.79 Å². The number of amides is 2. The Morgan fingerprint density at radius 2 is 1.91 bits per heavy atom. The van der Waals surface area contributed by atoms with E-state index in [4.69, 9.17) is 9.84 Å². The molecule has 1 N–H and O–H groups in total.